The summed E-state index contributed by atoms with van der Waals surface area (Å²) in [4.78, 5) is 23.2. The number of allylic oxidation sites excluding steroid dienone is 15. The fourth-order valence-corrected chi connectivity index (χ4v) is 7.15. The predicted octanol–water partition coefficient (Wildman–Crippen LogP) is 14.3. The number of nitrogens with zero attached hydrogens (tertiary/aromatic N) is 1. The first-order chi connectivity index (χ1) is 30.0. The van der Waals surface area contributed by atoms with Gasteiger partial charge in [0.25, 0.3) is 0 Å². The van der Waals surface area contributed by atoms with Gasteiger partial charge in [0, 0.05) is 6.42 Å². The highest BCUT2D eigenvalue weighted by molar-refractivity contribution is 7.47. The van der Waals surface area contributed by atoms with Gasteiger partial charge in [-0.15, -0.1) is 0 Å². The van der Waals surface area contributed by atoms with Crippen molar-refractivity contribution in [2.45, 2.75) is 193 Å². The first-order valence-corrected chi connectivity index (χ1v) is 26.1. The highest BCUT2D eigenvalue weighted by atomic mass is 31.2. The summed E-state index contributed by atoms with van der Waals surface area (Å²) in [5.74, 6) is -0.207. The summed E-state index contributed by atoms with van der Waals surface area (Å²) >= 11 is 0. The lowest BCUT2D eigenvalue weighted by atomic mass is 10.1. The predicted molar refractivity (Wildman–Crippen MR) is 267 cm³/mol. The van der Waals surface area contributed by atoms with Crippen LogP contribution in [-0.2, 0) is 18.4 Å². The Morgan fingerprint density at radius 3 is 1.48 bits per heavy atom. The molecule has 0 aromatic carbocycles. The topological polar surface area (TPSA) is 105 Å². The molecule has 0 aliphatic rings. The van der Waals surface area contributed by atoms with Gasteiger partial charge in [0.1, 0.15) is 13.2 Å². The highest BCUT2D eigenvalue weighted by Gasteiger charge is 2.27. The van der Waals surface area contributed by atoms with Crippen LogP contribution < -0.4 is 5.32 Å². The number of quaternary nitrogens is 1. The zero-order valence-electron chi connectivity index (χ0n) is 40.3. The lowest BCUT2D eigenvalue weighted by Crippen LogP contribution is -2.45. The molecule has 356 valence electrons. The van der Waals surface area contributed by atoms with Crippen molar-refractivity contribution in [1.82, 2.24) is 5.32 Å². The maximum atomic E-state index is 12.9. The van der Waals surface area contributed by atoms with Gasteiger partial charge in [0.15, 0.2) is 0 Å². The summed E-state index contributed by atoms with van der Waals surface area (Å²) in [5.41, 5.74) is 0. The molecule has 0 fully saturated rings. The largest absolute Gasteiger partial charge is 0.472 e. The number of amides is 1. The van der Waals surface area contributed by atoms with Crippen molar-refractivity contribution in [1.29, 1.82) is 0 Å². The van der Waals surface area contributed by atoms with E-state index in [0.717, 1.165) is 89.9 Å². The summed E-state index contributed by atoms with van der Waals surface area (Å²) in [6, 6.07) is -0.877. The Hall–Kier alpha value is -2.58. The molecule has 0 aliphatic carbocycles. The molecule has 9 heteroatoms. The van der Waals surface area contributed by atoms with Crippen LogP contribution in [0.2, 0.25) is 0 Å². The Kier molecular flexibility index (Phi) is 41.8. The Balaban J connectivity index is 4.41. The maximum absolute atomic E-state index is 12.9. The van der Waals surface area contributed by atoms with Crippen LogP contribution >= 0.6 is 7.82 Å². The summed E-state index contributed by atoms with van der Waals surface area (Å²) < 4.78 is 23.6. The van der Waals surface area contributed by atoms with Crippen molar-refractivity contribution < 1.29 is 32.9 Å². The number of phosphoric ester groups is 1. The van der Waals surface area contributed by atoms with Crippen molar-refractivity contribution in [3.05, 3.63) is 97.2 Å². The molecule has 0 aliphatic heterocycles. The van der Waals surface area contributed by atoms with Crippen LogP contribution in [0.4, 0.5) is 0 Å². The van der Waals surface area contributed by atoms with Gasteiger partial charge in [0.2, 0.25) is 5.91 Å². The number of aliphatic hydroxyl groups excluding tert-OH is 1. The number of likely N-dealkylation sites (N-methyl/N-ethyl adjacent to an activating group) is 1. The summed E-state index contributed by atoms with van der Waals surface area (Å²) in [6.45, 7) is 4.64. The van der Waals surface area contributed by atoms with E-state index >= 15 is 0 Å². The SMILES string of the molecule is CC/C=C\C/C=C\C/C=C\C/C=C\C/C=C\C/C=C\CCCCCCCCC(=O)NC(COP(=O)(O)OCC[N+](C)(C)C)C(O)/C=C/CC/C=C/CCCCCCCCCCC. The number of rotatable bonds is 43. The second-order valence-corrected chi connectivity index (χ2v) is 18.9. The molecule has 3 N–H and O–H groups in total. The van der Waals surface area contributed by atoms with E-state index in [9.17, 15) is 19.4 Å². The molecule has 0 aromatic rings. The molecule has 3 atom stereocenters. The van der Waals surface area contributed by atoms with E-state index < -0.39 is 20.0 Å². The van der Waals surface area contributed by atoms with Crippen LogP contribution in [0.5, 0.6) is 0 Å². The van der Waals surface area contributed by atoms with Crippen molar-refractivity contribution >= 4 is 13.7 Å². The van der Waals surface area contributed by atoms with E-state index in [4.69, 9.17) is 9.05 Å². The van der Waals surface area contributed by atoms with Crippen LogP contribution in [0.1, 0.15) is 181 Å². The Bertz CT molecular complexity index is 1330. The van der Waals surface area contributed by atoms with Crippen molar-refractivity contribution in [3.63, 3.8) is 0 Å². The number of phosphoric acid groups is 1. The second kappa shape index (κ2) is 43.7. The van der Waals surface area contributed by atoms with Crippen LogP contribution in [0.25, 0.3) is 0 Å². The average molecular weight is 886 g/mol. The van der Waals surface area contributed by atoms with E-state index in [1.54, 1.807) is 6.08 Å². The molecule has 0 bridgehead atoms. The third-order valence-electron chi connectivity index (χ3n) is 10.3. The number of nitrogens with one attached hydrogen (secondary N) is 1. The van der Waals surface area contributed by atoms with Gasteiger partial charge in [-0.05, 0) is 83.5 Å². The van der Waals surface area contributed by atoms with E-state index in [0.29, 0.717) is 17.4 Å². The Labute approximate surface area is 381 Å². The summed E-state index contributed by atoms with van der Waals surface area (Å²) in [7, 11) is 1.53. The molecule has 1 amide bonds. The standard InChI is InChI=1S/C53H93N2O6P/c1-6-8-10-12-14-16-18-20-22-23-24-25-26-27-28-29-30-31-33-35-37-39-41-43-45-47-53(57)54-51(50-61-62(58,59)60-49-48-55(3,4)5)52(56)46-44-42-40-38-36-34-32-21-19-17-15-13-11-9-7-2/h8,10,14,16,20,22,24-25,27-28,30-31,36,38,44,46,51-52,56H,6-7,9,11-13,15,17-19,21,23,26,29,32-35,37,39-43,45,47-50H2,1-5H3,(H-,54,57,58,59)/p+1/b10-8-,16-14-,22-20-,25-24-,28-27-,31-30-,38-36+,46-44+. The van der Waals surface area contributed by atoms with E-state index in [2.05, 4.69) is 104 Å². The minimum Gasteiger partial charge on any atom is -0.387 e. The maximum Gasteiger partial charge on any atom is 0.472 e. The van der Waals surface area contributed by atoms with Crippen LogP contribution in [-0.4, -0.2) is 73.4 Å². The zero-order chi connectivity index (χ0) is 45.7. The summed E-state index contributed by atoms with van der Waals surface area (Å²) in [5, 5.41) is 13.8. The van der Waals surface area contributed by atoms with Gasteiger partial charge in [-0.2, -0.15) is 0 Å². The van der Waals surface area contributed by atoms with Crippen LogP contribution in [0, 0.1) is 0 Å². The molecule has 0 saturated heterocycles. The third kappa shape index (κ3) is 45.4. The van der Waals surface area contributed by atoms with Gasteiger partial charge >= 0.3 is 7.82 Å². The molecule has 0 spiro atoms. The Morgan fingerprint density at radius 2 is 0.984 bits per heavy atom. The van der Waals surface area contributed by atoms with Gasteiger partial charge in [-0.25, -0.2) is 4.57 Å². The number of unbranched alkanes of at least 4 members (excludes halogenated alkanes) is 16. The number of hydrogen-bond acceptors (Lipinski definition) is 5. The number of carbonyl (C=O) groups excluding carboxylic acids is 1. The van der Waals surface area contributed by atoms with Crippen molar-refractivity contribution in [3.8, 4) is 0 Å². The molecule has 3 unspecified atom stereocenters. The third-order valence-corrected chi connectivity index (χ3v) is 11.3. The molecule has 0 aromatic heterocycles. The van der Waals surface area contributed by atoms with Gasteiger partial charge < -0.3 is 19.8 Å². The smallest absolute Gasteiger partial charge is 0.387 e. The molecular formula is C53H94N2O6P+. The fraction of sp³-hybridized carbons (Fsp3) is 0.679. The molecule has 0 rings (SSSR count). The molecule has 0 saturated carbocycles. The lowest BCUT2D eigenvalue weighted by molar-refractivity contribution is -0.870. The normalized spacial score (nSPS) is 15.0. The highest BCUT2D eigenvalue weighted by Crippen LogP contribution is 2.43. The number of carbonyl (C=O) groups is 1. The van der Waals surface area contributed by atoms with Gasteiger partial charge in [0.05, 0.1) is 39.9 Å². The summed E-state index contributed by atoms with van der Waals surface area (Å²) in [6.07, 6.45) is 62.0. The molecule has 0 radical (unpaired) electrons. The zero-order valence-corrected chi connectivity index (χ0v) is 41.2. The van der Waals surface area contributed by atoms with E-state index in [-0.39, 0.29) is 19.1 Å². The van der Waals surface area contributed by atoms with Crippen molar-refractivity contribution in [2.75, 3.05) is 40.9 Å². The van der Waals surface area contributed by atoms with Gasteiger partial charge in [-0.3, -0.25) is 13.8 Å². The van der Waals surface area contributed by atoms with E-state index in [1.165, 1.54) is 70.6 Å². The number of hydrogen-bond donors (Lipinski definition) is 3. The Morgan fingerprint density at radius 1 is 0.565 bits per heavy atom. The quantitative estimate of drug-likeness (QED) is 0.0244. The molecule has 0 heterocycles. The fourth-order valence-electron chi connectivity index (χ4n) is 6.41. The van der Waals surface area contributed by atoms with E-state index in [1.807, 2.05) is 27.2 Å². The lowest BCUT2D eigenvalue weighted by Gasteiger charge is -2.25. The van der Waals surface area contributed by atoms with Crippen LogP contribution in [0.3, 0.4) is 0 Å². The van der Waals surface area contributed by atoms with Gasteiger partial charge in [-0.1, -0.05) is 188 Å². The first-order valence-electron chi connectivity index (χ1n) is 24.6. The van der Waals surface area contributed by atoms with Crippen molar-refractivity contribution in [2.24, 2.45) is 0 Å². The van der Waals surface area contributed by atoms with Crippen LogP contribution in [0.15, 0.2) is 97.2 Å². The minimum atomic E-state index is -4.36. The molecular weight excluding hydrogens is 792 g/mol. The second-order valence-electron chi connectivity index (χ2n) is 17.4. The monoisotopic (exact) mass is 886 g/mol. The number of aliphatic hydroxyl groups is 1. The molecule has 62 heavy (non-hydrogen) atoms. The molecule has 8 nitrogen and oxygen atoms in total. The first kappa shape index (κ1) is 59.4. The average Bonchev–Trinajstić information content (AvgIpc) is 3.23. The minimum absolute atomic E-state index is 0.0475.